The highest BCUT2D eigenvalue weighted by Crippen LogP contribution is 2.38. The second-order valence-electron chi connectivity index (χ2n) is 4.73. The van der Waals surface area contributed by atoms with Crippen LogP contribution in [0.5, 0.6) is 0 Å². The molecule has 1 atom stereocenters. The Kier molecular flexibility index (Phi) is 1.89. The Labute approximate surface area is 85.0 Å². The number of ketones is 1. The van der Waals surface area contributed by atoms with Crippen LogP contribution in [0.15, 0.2) is 11.3 Å². The van der Waals surface area contributed by atoms with Crippen molar-refractivity contribution < 1.29 is 4.79 Å². The van der Waals surface area contributed by atoms with E-state index >= 15 is 0 Å². The number of hydrogen-bond donors (Lipinski definition) is 0. The summed E-state index contributed by atoms with van der Waals surface area (Å²) in [4.78, 5) is 14.3. The third-order valence-electron chi connectivity index (χ3n) is 3.95. The molecule has 76 valence electrons. The molecule has 0 saturated carbocycles. The summed E-state index contributed by atoms with van der Waals surface area (Å²) in [6.07, 6.45) is 8.02. The predicted molar refractivity (Wildman–Crippen MR) is 54.8 cm³/mol. The maximum atomic E-state index is 11.7. The van der Waals surface area contributed by atoms with Crippen molar-refractivity contribution in [2.24, 2.45) is 0 Å². The lowest BCUT2D eigenvalue weighted by atomic mass is 9.86. The molecule has 2 heterocycles. The Morgan fingerprint density at radius 2 is 2.00 bits per heavy atom. The fourth-order valence-electron chi connectivity index (χ4n) is 3.28. The Hall–Kier alpha value is -0.790. The van der Waals surface area contributed by atoms with Crippen LogP contribution in [0.3, 0.4) is 0 Å². The van der Waals surface area contributed by atoms with Crippen LogP contribution in [-0.2, 0) is 4.79 Å². The average molecular weight is 191 g/mol. The Balaban J connectivity index is 1.98. The van der Waals surface area contributed by atoms with E-state index in [2.05, 4.69) is 4.90 Å². The highest BCUT2D eigenvalue weighted by Gasteiger charge is 2.35. The summed E-state index contributed by atoms with van der Waals surface area (Å²) < 4.78 is 0. The van der Waals surface area contributed by atoms with Gasteiger partial charge in [0.1, 0.15) is 0 Å². The van der Waals surface area contributed by atoms with Crippen LogP contribution in [0.4, 0.5) is 0 Å². The number of fused-ring (bicyclic) bond motifs is 2. The summed E-state index contributed by atoms with van der Waals surface area (Å²) in [6.45, 7) is 1.21. The third-order valence-corrected chi connectivity index (χ3v) is 3.95. The van der Waals surface area contributed by atoms with Crippen LogP contribution in [0.2, 0.25) is 0 Å². The van der Waals surface area contributed by atoms with Gasteiger partial charge in [-0.2, -0.15) is 0 Å². The van der Waals surface area contributed by atoms with E-state index in [4.69, 9.17) is 0 Å². The Bertz CT molecular complexity index is 305. The fraction of sp³-hybridized carbons (Fsp3) is 0.750. The van der Waals surface area contributed by atoms with Gasteiger partial charge in [0.15, 0.2) is 5.78 Å². The lowest BCUT2D eigenvalue weighted by Gasteiger charge is -2.37. The molecular formula is C12H17NO. The van der Waals surface area contributed by atoms with Crippen molar-refractivity contribution in [3.8, 4) is 0 Å². The van der Waals surface area contributed by atoms with Crippen molar-refractivity contribution in [1.82, 2.24) is 4.90 Å². The minimum atomic E-state index is 0.441. The Morgan fingerprint density at radius 3 is 2.93 bits per heavy atom. The molecule has 0 aromatic carbocycles. The van der Waals surface area contributed by atoms with Gasteiger partial charge in [-0.3, -0.25) is 4.79 Å². The van der Waals surface area contributed by atoms with E-state index in [1.807, 2.05) is 0 Å². The molecule has 0 N–H and O–H groups in total. The van der Waals surface area contributed by atoms with Crippen molar-refractivity contribution in [2.75, 3.05) is 6.54 Å². The maximum absolute atomic E-state index is 11.7. The van der Waals surface area contributed by atoms with Crippen LogP contribution < -0.4 is 0 Å². The molecule has 2 heteroatoms. The van der Waals surface area contributed by atoms with Gasteiger partial charge >= 0.3 is 0 Å². The summed E-state index contributed by atoms with van der Waals surface area (Å²) >= 11 is 0. The van der Waals surface area contributed by atoms with Gasteiger partial charge in [0.25, 0.3) is 0 Å². The SMILES string of the molecule is O=C1CCCC2=C1CCC1CCCN21. The molecule has 0 bridgehead atoms. The molecule has 1 aliphatic carbocycles. The lowest BCUT2D eigenvalue weighted by molar-refractivity contribution is -0.116. The minimum absolute atomic E-state index is 0.441. The molecule has 0 aromatic rings. The van der Waals surface area contributed by atoms with Gasteiger partial charge in [0.05, 0.1) is 0 Å². The summed E-state index contributed by atoms with van der Waals surface area (Å²) in [6, 6.07) is 0.777. The van der Waals surface area contributed by atoms with Crippen molar-refractivity contribution in [3.63, 3.8) is 0 Å². The highest BCUT2D eigenvalue weighted by atomic mass is 16.1. The standard InChI is InChI=1S/C12H17NO/c14-12-5-1-4-11-10(12)7-6-9-3-2-8-13(9)11/h9H,1-8H2. The second-order valence-corrected chi connectivity index (χ2v) is 4.73. The molecule has 2 nitrogen and oxygen atoms in total. The van der Waals surface area contributed by atoms with E-state index in [0.717, 1.165) is 31.7 Å². The second kappa shape index (κ2) is 3.11. The molecule has 3 rings (SSSR count). The number of carbonyl (C=O) groups excluding carboxylic acids is 1. The van der Waals surface area contributed by atoms with Gasteiger partial charge in [-0.05, 0) is 38.5 Å². The van der Waals surface area contributed by atoms with E-state index < -0.39 is 0 Å². The van der Waals surface area contributed by atoms with Gasteiger partial charge in [0.2, 0.25) is 0 Å². The fourth-order valence-corrected chi connectivity index (χ4v) is 3.28. The topological polar surface area (TPSA) is 20.3 Å². The summed E-state index contributed by atoms with van der Waals surface area (Å²) in [7, 11) is 0. The molecule has 3 aliphatic rings. The van der Waals surface area contributed by atoms with E-state index in [0.29, 0.717) is 5.78 Å². The van der Waals surface area contributed by atoms with Crippen molar-refractivity contribution >= 4 is 5.78 Å². The molecule has 0 radical (unpaired) electrons. The predicted octanol–water partition coefficient (Wildman–Crippen LogP) is 2.25. The molecule has 0 spiro atoms. The maximum Gasteiger partial charge on any atom is 0.160 e. The number of hydrogen-bond acceptors (Lipinski definition) is 2. The molecule has 0 aromatic heterocycles. The van der Waals surface area contributed by atoms with Crippen molar-refractivity contribution in [2.45, 2.75) is 51.0 Å². The van der Waals surface area contributed by atoms with Crippen LogP contribution in [0, 0.1) is 0 Å². The Morgan fingerprint density at radius 1 is 1.07 bits per heavy atom. The van der Waals surface area contributed by atoms with Crippen LogP contribution in [0.25, 0.3) is 0 Å². The monoisotopic (exact) mass is 191 g/mol. The van der Waals surface area contributed by atoms with Gasteiger partial charge in [0, 0.05) is 30.3 Å². The molecule has 1 unspecified atom stereocenters. The number of nitrogens with zero attached hydrogens (tertiary/aromatic N) is 1. The zero-order chi connectivity index (χ0) is 9.54. The van der Waals surface area contributed by atoms with Gasteiger partial charge in [-0.15, -0.1) is 0 Å². The number of carbonyl (C=O) groups is 1. The number of allylic oxidation sites excluding steroid dienone is 2. The molecule has 14 heavy (non-hydrogen) atoms. The number of rotatable bonds is 0. The largest absolute Gasteiger partial charge is 0.371 e. The van der Waals surface area contributed by atoms with Gasteiger partial charge in [-0.25, -0.2) is 0 Å². The molecule has 2 aliphatic heterocycles. The summed E-state index contributed by atoms with van der Waals surface area (Å²) in [5.74, 6) is 0.441. The van der Waals surface area contributed by atoms with Crippen LogP contribution >= 0.6 is 0 Å². The zero-order valence-electron chi connectivity index (χ0n) is 8.59. The van der Waals surface area contributed by atoms with Crippen LogP contribution in [-0.4, -0.2) is 23.3 Å². The first-order valence-electron chi connectivity index (χ1n) is 5.88. The van der Waals surface area contributed by atoms with Crippen LogP contribution in [0.1, 0.15) is 44.9 Å². The first-order valence-corrected chi connectivity index (χ1v) is 5.88. The van der Waals surface area contributed by atoms with Gasteiger partial charge < -0.3 is 4.90 Å². The molecule has 1 fully saturated rings. The van der Waals surface area contributed by atoms with E-state index in [1.165, 1.54) is 37.1 Å². The zero-order valence-corrected chi connectivity index (χ0v) is 8.59. The van der Waals surface area contributed by atoms with Gasteiger partial charge in [-0.1, -0.05) is 0 Å². The normalized spacial score (nSPS) is 31.9. The third kappa shape index (κ3) is 1.13. The van der Waals surface area contributed by atoms with Crippen molar-refractivity contribution in [3.05, 3.63) is 11.3 Å². The quantitative estimate of drug-likeness (QED) is 0.585. The van der Waals surface area contributed by atoms with Crippen molar-refractivity contribution in [1.29, 1.82) is 0 Å². The molecular weight excluding hydrogens is 174 g/mol. The highest BCUT2D eigenvalue weighted by molar-refractivity contribution is 5.97. The van der Waals surface area contributed by atoms with E-state index in [-0.39, 0.29) is 0 Å². The first kappa shape index (κ1) is 8.51. The first-order chi connectivity index (χ1) is 6.86. The van der Waals surface area contributed by atoms with E-state index in [9.17, 15) is 4.79 Å². The smallest absolute Gasteiger partial charge is 0.160 e. The molecule has 1 saturated heterocycles. The lowest BCUT2D eigenvalue weighted by Crippen LogP contribution is -2.36. The number of Topliss-reactive ketones (excluding diaryl/α,β-unsaturated/α-hetero) is 1. The average Bonchev–Trinajstić information content (AvgIpc) is 2.66. The summed E-state index contributed by atoms with van der Waals surface area (Å²) in [5.41, 5.74) is 2.62. The van der Waals surface area contributed by atoms with E-state index in [1.54, 1.807) is 0 Å². The summed E-state index contributed by atoms with van der Waals surface area (Å²) in [5, 5.41) is 0. The minimum Gasteiger partial charge on any atom is -0.371 e. The molecule has 0 amide bonds.